The van der Waals surface area contributed by atoms with Crippen molar-refractivity contribution in [2.24, 2.45) is 0 Å². The van der Waals surface area contributed by atoms with Gasteiger partial charge in [-0.25, -0.2) is 9.59 Å². The van der Waals surface area contributed by atoms with Crippen LogP contribution >= 0.6 is 0 Å². The fraction of sp³-hybridized carbons (Fsp3) is 0.182. The van der Waals surface area contributed by atoms with Gasteiger partial charge in [0.2, 0.25) is 0 Å². The van der Waals surface area contributed by atoms with Crippen molar-refractivity contribution in [1.29, 1.82) is 0 Å². The molecular weight excluding hydrogens is 344 g/mol. The van der Waals surface area contributed by atoms with Crippen molar-refractivity contribution in [3.8, 4) is 17.2 Å². The Bertz CT molecular complexity index is 907. The molecule has 0 radical (unpaired) electrons. The second-order valence-corrected chi connectivity index (χ2v) is 6.11. The number of aromatic hydroxyl groups is 1. The van der Waals surface area contributed by atoms with Crippen LogP contribution in [0.15, 0.2) is 66.3 Å². The van der Waals surface area contributed by atoms with Crippen LogP contribution < -0.4 is 9.47 Å². The fourth-order valence-electron chi connectivity index (χ4n) is 2.68. The van der Waals surface area contributed by atoms with Gasteiger partial charge in [-0.3, -0.25) is 0 Å². The summed E-state index contributed by atoms with van der Waals surface area (Å²) < 4.78 is 10.7. The predicted molar refractivity (Wildman–Crippen MR) is 101 cm³/mol. The molecule has 0 aromatic heterocycles. The summed E-state index contributed by atoms with van der Waals surface area (Å²) in [7, 11) is 0. The van der Waals surface area contributed by atoms with E-state index in [9.17, 15) is 14.7 Å². The van der Waals surface area contributed by atoms with Gasteiger partial charge >= 0.3 is 11.9 Å². The number of rotatable bonds is 5. The number of aryl methyl sites for hydroxylation is 1. The molecule has 1 N–H and O–H groups in total. The highest BCUT2D eigenvalue weighted by molar-refractivity contribution is 5.92. The van der Waals surface area contributed by atoms with Crippen molar-refractivity contribution in [2.75, 3.05) is 0 Å². The smallest absolute Gasteiger partial charge is 0.343 e. The summed E-state index contributed by atoms with van der Waals surface area (Å²) in [6, 6.07) is 10.9. The van der Waals surface area contributed by atoms with E-state index < -0.39 is 5.97 Å². The molecule has 27 heavy (non-hydrogen) atoms. The largest absolute Gasteiger partial charge is 0.508 e. The zero-order valence-corrected chi connectivity index (χ0v) is 15.0. The van der Waals surface area contributed by atoms with Crippen molar-refractivity contribution in [1.82, 2.24) is 0 Å². The van der Waals surface area contributed by atoms with Crippen molar-refractivity contribution < 1.29 is 24.2 Å². The van der Waals surface area contributed by atoms with Gasteiger partial charge in [0.1, 0.15) is 17.2 Å². The molecule has 138 valence electrons. The summed E-state index contributed by atoms with van der Waals surface area (Å²) in [6.45, 7) is 1.89. The highest BCUT2D eigenvalue weighted by Crippen LogP contribution is 2.23. The van der Waals surface area contributed by atoms with E-state index in [2.05, 4.69) is 0 Å². The molecule has 0 atom stereocenters. The first-order valence-corrected chi connectivity index (χ1v) is 8.79. The molecule has 0 saturated heterocycles. The van der Waals surface area contributed by atoms with E-state index in [0.29, 0.717) is 41.0 Å². The Morgan fingerprint density at radius 2 is 1.67 bits per heavy atom. The van der Waals surface area contributed by atoms with Crippen LogP contribution in [0, 0.1) is 0 Å². The molecule has 0 spiro atoms. The number of allylic oxidation sites excluding steroid dienone is 3. The van der Waals surface area contributed by atoms with Gasteiger partial charge in [0.25, 0.3) is 0 Å². The summed E-state index contributed by atoms with van der Waals surface area (Å²) in [5, 5.41) is 9.70. The number of hydrogen-bond acceptors (Lipinski definition) is 5. The Balaban J connectivity index is 1.63. The lowest BCUT2D eigenvalue weighted by atomic mass is 10.1. The first-order valence-electron chi connectivity index (χ1n) is 8.79. The van der Waals surface area contributed by atoms with Gasteiger partial charge in [0.15, 0.2) is 0 Å². The highest BCUT2D eigenvalue weighted by Gasteiger charge is 2.14. The van der Waals surface area contributed by atoms with Crippen molar-refractivity contribution in [2.45, 2.75) is 26.2 Å². The minimum Gasteiger partial charge on any atom is -0.508 e. The van der Waals surface area contributed by atoms with E-state index in [1.807, 2.05) is 19.1 Å². The van der Waals surface area contributed by atoms with Crippen LogP contribution in [-0.2, 0) is 11.2 Å². The predicted octanol–water partition coefficient (Wildman–Crippen LogP) is 4.36. The summed E-state index contributed by atoms with van der Waals surface area (Å²) in [5.74, 6) is -0.0171. The summed E-state index contributed by atoms with van der Waals surface area (Å²) in [6.07, 6.45) is 7.70. The molecule has 2 aromatic rings. The third-order valence-electron chi connectivity index (χ3n) is 4.22. The molecule has 0 fully saturated rings. The Morgan fingerprint density at radius 3 is 2.26 bits per heavy atom. The lowest BCUT2D eigenvalue weighted by Crippen LogP contribution is -2.12. The van der Waals surface area contributed by atoms with E-state index in [1.165, 1.54) is 12.1 Å². The van der Waals surface area contributed by atoms with Crippen LogP contribution in [0.25, 0.3) is 0 Å². The molecule has 5 nitrogen and oxygen atoms in total. The first-order chi connectivity index (χ1) is 13.1. The molecule has 0 bridgehead atoms. The maximum Gasteiger partial charge on any atom is 0.343 e. The number of carbonyl (C=O) groups is 2. The third-order valence-corrected chi connectivity index (χ3v) is 4.22. The second-order valence-electron chi connectivity index (χ2n) is 6.11. The number of carbonyl (C=O) groups excluding carboxylic acids is 2. The average Bonchev–Trinajstić information content (AvgIpc) is 2.70. The number of ether oxygens (including phenoxy) is 2. The topological polar surface area (TPSA) is 72.8 Å². The van der Waals surface area contributed by atoms with E-state index in [0.717, 1.165) is 6.42 Å². The van der Waals surface area contributed by atoms with Crippen LogP contribution in [0.1, 0.15) is 35.7 Å². The molecule has 1 aliphatic carbocycles. The maximum absolute atomic E-state index is 12.3. The standard InChI is InChI=1S/C22H20O5/c1-2-15-14-17(8-13-20(15)23)22(25)27-19-11-9-18(10-12-19)26-21(24)16-6-4-3-5-7-16/h3-4,6,8-14,23H,2,5,7H2,1H3. The van der Waals surface area contributed by atoms with E-state index in [1.54, 1.807) is 36.4 Å². The number of phenolic OH excluding ortho intramolecular Hbond substituents is 1. The summed E-state index contributed by atoms with van der Waals surface area (Å²) in [4.78, 5) is 24.3. The molecule has 0 heterocycles. The van der Waals surface area contributed by atoms with Crippen LogP contribution in [0.5, 0.6) is 17.2 Å². The van der Waals surface area contributed by atoms with Crippen LogP contribution in [-0.4, -0.2) is 17.0 Å². The molecule has 1 aliphatic rings. The Labute approximate surface area is 157 Å². The monoisotopic (exact) mass is 364 g/mol. The zero-order valence-electron chi connectivity index (χ0n) is 15.0. The van der Waals surface area contributed by atoms with Gasteiger partial charge in [0.05, 0.1) is 5.56 Å². The molecule has 0 saturated carbocycles. The minimum atomic E-state index is -0.520. The van der Waals surface area contributed by atoms with Gasteiger partial charge in [0, 0.05) is 5.57 Å². The molecular formula is C22H20O5. The van der Waals surface area contributed by atoms with Gasteiger partial charge in [-0.15, -0.1) is 0 Å². The lowest BCUT2D eigenvalue weighted by molar-refractivity contribution is -0.130. The maximum atomic E-state index is 12.3. The van der Waals surface area contributed by atoms with Crippen molar-refractivity contribution in [3.05, 3.63) is 77.4 Å². The Morgan fingerprint density at radius 1 is 1.00 bits per heavy atom. The Hall–Kier alpha value is -3.34. The molecule has 0 amide bonds. The molecule has 3 rings (SSSR count). The van der Waals surface area contributed by atoms with Gasteiger partial charge in [-0.2, -0.15) is 0 Å². The van der Waals surface area contributed by atoms with E-state index in [-0.39, 0.29) is 11.7 Å². The third kappa shape index (κ3) is 4.64. The van der Waals surface area contributed by atoms with Crippen molar-refractivity contribution >= 4 is 11.9 Å². The van der Waals surface area contributed by atoms with Crippen LogP contribution in [0.4, 0.5) is 0 Å². The minimum absolute atomic E-state index is 0.156. The summed E-state index contributed by atoms with van der Waals surface area (Å²) in [5.41, 5.74) is 1.67. The SMILES string of the molecule is CCc1cc(C(=O)Oc2ccc(OC(=O)C3=CC=CCC3)cc2)ccc1O. The number of phenols is 1. The Kier molecular flexibility index (Phi) is 5.71. The quantitative estimate of drug-likeness (QED) is 0.630. The molecule has 0 unspecified atom stereocenters. The normalized spacial score (nSPS) is 13.0. The second kappa shape index (κ2) is 8.36. The molecule has 5 heteroatoms. The lowest BCUT2D eigenvalue weighted by Gasteiger charge is -2.10. The average molecular weight is 364 g/mol. The number of esters is 2. The van der Waals surface area contributed by atoms with E-state index in [4.69, 9.17) is 9.47 Å². The van der Waals surface area contributed by atoms with E-state index >= 15 is 0 Å². The van der Waals surface area contributed by atoms with Gasteiger partial charge < -0.3 is 14.6 Å². The first kappa shape index (κ1) is 18.5. The highest BCUT2D eigenvalue weighted by atomic mass is 16.5. The fourth-order valence-corrected chi connectivity index (χ4v) is 2.68. The number of benzene rings is 2. The summed E-state index contributed by atoms with van der Waals surface area (Å²) >= 11 is 0. The van der Waals surface area contributed by atoms with Gasteiger partial charge in [-0.05, 0) is 67.3 Å². The van der Waals surface area contributed by atoms with Crippen LogP contribution in [0.3, 0.4) is 0 Å². The zero-order chi connectivity index (χ0) is 19.2. The molecule has 2 aromatic carbocycles. The van der Waals surface area contributed by atoms with Gasteiger partial charge in [-0.1, -0.05) is 25.2 Å². The number of hydrogen-bond donors (Lipinski definition) is 1. The molecule has 0 aliphatic heterocycles. The van der Waals surface area contributed by atoms with Crippen molar-refractivity contribution in [3.63, 3.8) is 0 Å². The van der Waals surface area contributed by atoms with Crippen LogP contribution in [0.2, 0.25) is 0 Å².